The fraction of sp³-hybridized carbons (Fsp3) is 0.435. The van der Waals surface area contributed by atoms with Crippen LogP contribution < -0.4 is 10.1 Å². The van der Waals surface area contributed by atoms with E-state index in [1.165, 1.54) is 30.3 Å². The van der Waals surface area contributed by atoms with Crippen LogP contribution in [0, 0.1) is 17.6 Å². The van der Waals surface area contributed by atoms with Crippen LogP contribution in [0.1, 0.15) is 12.0 Å². The molecule has 1 atom stereocenters. The molecule has 0 aliphatic carbocycles. The summed E-state index contributed by atoms with van der Waals surface area (Å²) in [7, 11) is 0. The largest absolute Gasteiger partial charge is 0.451 e. The molecule has 31 heavy (non-hydrogen) atoms. The summed E-state index contributed by atoms with van der Waals surface area (Å²) in [6.07, 6.45) is 1.11. The van der Waals surface area contributed by atoms with Gasteiger partial charge in [-0.15, -0.1) is 0 Å². The maximum atomic E-state index is 14.4. The summed E-state index contributed by atoms with van der Waals surface area (Å²) < 4.78 is 38.8. The maximum Gasteiger partial charge on any atom is 0.317 e. The number of nitrogens with zero attached hydrogens (tertiary/aromatic N) is 2. The smallest absolute Gasteiger partial charge is 0.317 e. The molecule has 0 saturated carbocycles. The predicted molar refractivity (Wildman–Crippen MR) is 112 cm³/mol. The second-order valence-electron chi connectivity index (χ2n) is 7.97. The summed E-state index contributed by atoms with van der Waals surface area (Å²) >= 11 is 0. The summed E-state index contributed by atoms with van der Waals surface area (Å²) in [6.45, 7) is 5.95. The van der Waals surface area contributed by atoms with Crippen LogP contribution in [-0.2, 0) is 11.3 Å². The van der Waals surface area contributed by atoms with Gasteiger partial charge in [0.15, 0.2) is 23.1 Å². The van der Waals surface area contributed by atoms with Gasteiger partial charge in [0.25, 0.3) is 0 Å². The highest BCUT2D eigenvalue weighted by molar-refractivity contribution is 5.74. The molecule has 2 aromatic rings. The molecule has 2 heterocycles. The van der Waals surface area contributed by atoms with Gasteiger partial charge in [-0.25, -0.2) is 13.6 Å². The lowest BCUT2D eigenvalue weighted by Crippen LogP contribution is -2.52. The van der Waals surface area contributed by atoms with Gasteiger partial charge < -0.3 is 19.7 Å². The summed E-state index contributed by atoms with van der Waals surface area (Å²) in [5.41, 5.74) is 0.603. The Morgan fingerprint density at radius 2 is 1.84 bits per heavy atom. The first kappa shape index (κ1) is 21.5. The van der Waals surface area contributed by atoms with Crippen molar-refractivity contribution in [1.82, 2.24) is 15.1 Å². The molecule has 1 N–H and O–H groups in total. The fourth-order valence-corrected chi connectivity index (χ4v) is 3.90. The van der Waals surface area contributed by atoms with Crippen molar-refractivity contribution in [1.29, 1.82) is 0 Å². The van der Waals surface area contributed by atoms with E-state index in [0.717, 1.165) is 39.3 Å². The van der Waals surface area contributed by atoms with Crippen molar-refractivity contribution in [3.63, 3.8) is 0 Å². The summed E-state index contributed by atoms with van der Waals surface area (Å²) in [4.78, 5) is 16.6. The van der Waals surface area contributed by atoms with E-state index in [1.54, 1.807) is 17.0 Å². The molecule has 0 bridgehead atoms. The van der Waals surface area contributed by atoms with Gasteiger partial charge in [0.05, 0.1) is 6.61 Å². The highest BCUT2D eigenvalue weighted by Gasteiger charge is 2.24. The van der Waals surface area contributed by atoms with E-state index in [9.17, 15) is 13.6 Å². The number of para-hydroxylation sites is 1. The van der Waals surface area contributed by atoms with Crippen molar-refractivity contribution in [3.05, 3.63) is 59.7 Å². The minimum atomic E-state index is -0.612. The molecule has 2 aliphatic heterocycles. The average molecular weight is 431 g/mol. The monoisotopic (exact) mass is 431 g/mol. The van der Waals surface area contributed by atoms with Gasteiger partial charge in [-0.3, -0.25) is 4.90 Å². The molecule has 4 rings (SSSR count). The van der Waals surface area contributed by atoms with Gasteiger partial charge >= 0.3 is 6.03 Å². The molecule has 8 heteroatoms. The molecule has 6 nitrogen and oxygen atoms in total. The van der Waals surface area contributed by atoms with Crippen molar-refractivity contribution >= 4 is 6.03 Å². The van der Waals surface area contributed by atoms with Crippen molar-refractivity contribution in [2.75, 3.05) is 45.9 Å². The van der Waals surface area contributed by atoms with E-state index in [4.69, 9.17) is 9.47 Å². The molecule has 1 unspecified atom stereocenters. The van der Waals surface area contributed by atoms with Crippen molar-refractivity contribution in [2.45, 2.75) is 13.0 Å². The minimum Gasteiger partial charge on any atom is -0.451 e. The maximum absolute atomic E-state index is 14.4. The van der Waals surface area contributed by atoms with E-state index < -0.39 is 11.6 Å². The van der Waals surface area contributed by atoms with Crippen LogP contribution in [0.4, 0.5) is 13.6 Å². The number of hydrogen-bond donors (Lipinski definition) is 1. The molecule has 0 radical (unpaired) electrons. The zero-order valence-corrected chi connectivity index (χ0v) is 17.4. The molecule has 2 saturated heterocycles. The third-order valence-corrected chi connectivity index (χ3v) is 5.70. The standard InChI is InChI=1S/C23H27F2N3O3/c24-19-3-1-2-4-21(19)31-22-6-5-17(13-20(22)25)14-26-23(29)28-10-8-27(9-11-28)15-18-7-12-30-16-18/h1-6,13,18H,7-12,14-16H2,(H,26,29). The van der Waals surface area contributed by atoms with E-state index in [1.807, 2.05) is 0 Å². The Kier molecular flexibility index (Phi) is 6.99. The van der Waals surface area contributed by atoms with Crippen LogP contribution >= 0.6 is 0 Å². The molecule has 2 amide bonds. The lowest BCUT2D eigenvalue weighted by molar-refractivity contribution is 0.119. The molecular weight excluding hydrogens is 404 g/mol. The van der Waals surface area contributed by atoms with Crippen LogP contribution in [0.15, 0.2) is 42.5 Å². The van der Waals surface area contributed by atoms with Crippen LogP contribution in [-0.4, -0.2) is 61.8 Å². The normalized spacial score (nSPS) is 19.4. The first-order valence-corrected chi connectivity index (χ1v) is 10.6. The SMILES string of the molecule is O=C(NCc1ccc(Oc2ccccc2F)c(F)c1)N1CCN(CC2CCOC2)CC1. The predicted octanol–water partition coefficient (Wildman–Crippen LogP) is 3.62. The third kappa shape index (κ3) is 5.71. The van der Waals surface area contributed by atoms with Crippen molar-refractivity contribution in [2.24, 2.45) is 5.92 Å². The molecule has 0 aromatic heterocycles. The molecule has 0 spiro atoms. The second-order valence-corrected chi connectivity index (χ2v) is 7.97. The molecule has 2 aromatic carbocycles. The number of amides is 2. The first-order valence-electron chi connectivity index (χ1n) is 10.6. The highest BCUT2D eigenvalue weighted by atomic mass is 19.1. The zero-order chi connectivity index (χ0) is 21.6. The van der Waals surface area contributed by atoms with Crippen LogP contribution in [0.5, 0.6) is 11.5 Å². The van der Waals surface area contributed by atoms with Gasteiger partial charge in [-0.1, -0.05) is 18.2 Å². The lowest BCUT2D eigenvalue weighted by Gasteiger charge is -2.35. The van der Waals surface area contributed by atoms with Crippen LogP contribution in [0.2, 0.25) is 0 Å². The Labute approximate surface area is 180 Å². The fourth-order valence-electron chi connectivity index (χ4n) is 3.90. The number of nitrogens with one attached hydrogen (secondary N) is 1. The zero-order valence-electron chi connectivity index (χ0n) is 17.4. The lowest BCUT2D eigenvalue weighted by atomic mass is 10.1. The molecule has 2 aliphatic rings. The van der Waals surface area contributed by atoms with E-state index in [-0.39, 0.29) is 24.1 Å². The van der Waals surface area contributed by atoms with Gasteiger partial charge in [-0.05, 0) is 42.2 Å². The van der Waals surface area contributed by atoms with Crippen molar-refractivity contribution < 1.29 is 23.0 Å². The minimum absolute atomic E-state index is 0.0398. The number of hydrogen-bond acceptors (Lipinski definition) is 4. The van der Waals surface area contributed by atoms with Crippen LogP contribution in [0.25, 0.3) is 0 Å². The van der Waals surface area contributed by atoms with Gasteiger partial charge in [-0.2, -0.15) is 0 Å². The van der Waals surface area contributed by atoms with Gasteiger partial charge in [0, 0.05) is 45.9 Å². The summed E-state index contributed by atoms with van der Waals surface area (Å²) in [5, 5.41) is 2.84. The van der Waals surface area contributed by atoms with E-state index >= 15 is 0 Å². The number of halogens is 2. The average Bonchev–Trinajstić information content (AvgIpc) is 3.29. The number of carbonyl (C=O) groups is 1. The second kappa shape index (κ2) is 10.1. The van der Waals surface area contributed by atoms with Crippen LogP contribution in [0.3, 0.4) is 0 Å². The Bertz CT molecular complexity index is 897. The van der Waals surface area contributed by atoms with E-state index in [0.29, 0.717) is 24.6 Å². The van der Waals surface area contributed by atoms with Gasteiger partial charge in [0.1, 0.15) is 0 Å². The molecule has 166 valence electrons. The highest BCUT2D eigenvalue weighted by Crippen LogP contribution is 2.27. The first-order chi connectivity index (χ1) is 15.1. The number of carbonyl (C=O) groups excluding carboxylic acids is 1. The Morgan fingerprint density at radius 3 is 2.55 bits per heavy atom. The number of piperazine rings is 1. The quantitative estimate of drug-likeness (QED) is 0.759. The van der Waals surface area contributed by atoms with Gasteiger partial charge in [0.2, 0.25) is 0 Å². The number of rotatable bonds is 6. The number of urea groups is 1. The topological polar surface area (TPSA) is 54.0 Å². The van der Waals surface area contributed by atoms with Crippen molar-refractivity contribution in [3.8, 4) is 11.5 Å². The Hall–Kier alpha value is -2.71. The number of benzene rings is 2. The summed E-state index contributed by atoms with van der Waals surface area (Å²) in [6, 6.07) is 10.1. The summed E-state index contributed by atoms with van der Waals surface area (Å²) in [5.74, 6) is -0.680. The molecular formula is C23H27F2N3O3. The molecule has 2 fully saturated rings. The Morgan fingerprint density at radius 1 is 1.06 bits per heavy atom. The third-order valence-electron chi connectivity index (χ3n) is 5.70. The number of ether oxygens (including phenoxy) is 2. The Balaban J connectivity index is 1.24. The van der Waals surface area contributed by atoms with E-state index in [2.05, 4.69) is 10.2 Å².